The highest BCUT2D eigenvalue weighted by molar-refractivity contribution is 5.74. The first kappa shape index (κ1) is 13.7. The number of aryl methyl sites for hydroxylation is 1. The van der Waals surface area contributed by atoms with Crippen LogP contribution < -0.4 is 0 Å². The second-order valence-electron chi connectivity index (χ2n) is 3.70. The number of ether oxygens (including phenoxy) is 1. The average molecular weight is 242 g/mol. The van der Waals surface area contributed by atoms with Crippen molar-refractivity contribution in [1.82, 2.24) is 9.78 Å². The van der Waals surface area contributed by atoms with E-state index in [0.717, 1.165) is 13.0 Å². The van der Waals surface area contributed by atoms with Crippen molar-refractivity contribution in [2.75, 3.05) is 13.2 Å². The summed E-state index contributed by atoms with van der Waals surface area (Å²) < 4.78 is 6.90. The van der Waals surface area contributed by atoms with Crippen LogP contribution in [0.5, 0.6) is 0 Å². The predicted molar refractivity (Wildman–Crippen MR) is 60.5 cm³/mol. The Morgan fingerprint density at radius 2 is 2.41 bits per heavy atom. The molecule has 1 unspecified atom stereocenters. The first-order valence-corrected chi connectivity index (χ1v) is 5.66. The van der Waals surface area contributed by atoms with Crippen molar-refractivity contribution >= 4 is 5.97 Å². The van der Waals surface area contributed by atoms with Gasteiger partial charge >= 0.3 is 5.97 Å². The molecule has 0 radical (unpaired) electrons. The fourth-order valence-electron chi connectivity index (χ4n) is 1.44. The number of aliphatic hydroxyl groups excluding tert-OH is 1. The number of rotatable bonds is 8. The van der Waals surface area contributed by atoms with Gasteiger partial charge in [-0.15, -0.1) is 0 Å². The molecule has 0 aliphatic heterocycles. The second-order valence-corrected chi connectivity index (χ2v) is 3.70. The van der Waals surface area contributed by atoms with Crippen LogP contribution in [0.3, 0.4) is 0 Å². The van der Waals surface area contributed by atoms with E-state index in [9.17, 15) is 4.79 Å². The van der Waals surface area contributed by atoms with Crippen LogP contribution in [-0.4, -0.2) is 39.2 Å². The van der Waals surface area contributed by atoms with E-state index in [2.05, 4.69) is 5.10 Å². The fourth-order valence-corrected chi connectivity index (χ4v) is 1.44. The maximum absolute atomic E-state index is 11.0. The van der Waals surface area contributed by atoms with Gasteiger partial charge in [-0.2, -0.15) is 5.10 Å². The number of hydrogen-bond donors (Lipinski definition) is 2. The molecule has 0 bridgehead atoms. The number of carbonyl (C=O) groups is 1. The van der Waals surface area contributed by atoms with Gasteiger partial charge in [0.1, 0.15) is 0 Å². The molecular formula is C11H18N2O4. The molecule has 0 aliphatic carbocycles. The number of aliphatic carboxylic acids is 1. The molecule has 1 atom stereocenters. The summed E-state index contributed by atoms with van der Waals surface area (Å²) in [5.41, 5.74) is 0.531. The molecule has 0 saturated heterocycles. The van der Waals surface area contributed by atoms with Crippen molar-refractivity contribution in [3.8, 4) is 0 Å². The van der Waals surface area contributed by atoms with Crippen LogP contribution in [-0.2, 0) is 16.1 Å². The molecule has 17 heavy (non-hydrogen) atoms. The fraction of sp³-hybridized carbons (Fsp3) is 0.636. The zero-order valence-corrected chi connectivity index (χ0v) is 9.87. The van der Waals surface area contributed by atoms with E-state index in [4.69, 9.17) is 14.9 Å². The van der Waals surface area contributed by atoms with E-state index < -0.39 is 12.1 Å². The Bertz CT molecular complexity index is 351. The molecule has 6 heteroatoms. The maximum Gasteiger partial charge on any atom is 0.337 e. The molecule has 1 aromatic rings. The number of carboxylic acids is 1. The minimum Gasteiger partial charge on any atom is -0.479 e. The molecule has 2 N–H and O–H groups in total. The SMILES string of the molecule is CCCn1cc(C(OCCCO)C(=O)O)cn1. The summed E-state index contributed by atoms with van der Waals surface area (Å²) in [6.45, 7) is 2.98. The highest BCUT2D eigenvalue weighted by Gasteiger charge is 2.21. The van der Waals surface area contributed by atoms with Gasteiger partial charge in [-0.05, 0) is 12.8 Å². The summed E-state index contributed by atoms with van der Waals surface area (Å²) in [5, 5.41) is 21.7. The molecule has 0 amide bonds. The van der Waals surface area contributed by atoms with E-state index in [0.29, 0.717) is 12.0 Å². The van der Waals surface area contributed by atoms with Crippen molar-refractivity contribution in [2.45, 2.75) is 32.4 Å². The molecule has 0 spiro atoms. The van der Waals surface area contributed by atoms with Crippen molar-refractivity contribution < 1.29 is 19.7 Å². The zero-order chi connectivity index (χ0) is 12.7. The third kappa shape index (κ3) is 4.16. The molecule has 0 fully saturated rings. The van der Waals surface area contributed by atoms with Crippen LogP contribution in [0, 0.1) is 0 Å². The Kier molecular flexibility index (Phi) is 5.65. The van der Waals surface area contributed by atoms with E-state index in [1.54, 1.807) is 10.9 Å². The third-order valence-corrected chi connectivity index (χ3v) is 2.22. The van der Waals surface area contributed by atoms with E-state index in [1.165, 1.54) is 6.20 Å². The normalized spacial score (nSPS) is 12.6. The summed E-state index contributed by atoms with van der Waals surface area (Å²) in [4.78, 5) is 11.0. The number of aliphatic hydroxyl groups is 1. The summed E-state index contributed by atoms with van der Waals surface area (Å²) in [7, 11) is 0. The second kappa shape index (κ2) is 7.03. The Labute approximate surface area is 99.8 Å². The molecular weight excluding hydrogens is 224 g/mol. The summed E-state index contributed by atoms with van der Waals surface area (Å²) >= 11 is 0. The Hall–Kier alpha value is -1.40. The lowest BCUT2D eigenvalue weighted by Crippen LogP contribution is -2.16. The lowest BCUT2D eigenvalue weighted by Gasteiger charge is -2.11. The van der Waals surface area contributed by atoms with Gasteiger partial charge < -0.3 is 14.9 Å². The van der Waals surface area contributed by atoms with Crippen LogP contribution in [0.2, 0.25) is 0 Å². The molecule has 6 nitrogen and oxygen atoms in total. The zero-order valence-electron chi connectivity index (χ0n) is 9.87. The molecule has 1 aromatic heterocycles. The lowest BCUT2D eigenvalue weighted by atomic mass is 10.2. The van der Waals surface area contributed by atoms with Gasteiger partial charge in [0.2, 0.25) is 0 Å². The lowest BCUT2D eigenvalue weighted by molar-refractivity contribution is -0.151. The molecule has 0 aliphatic rings. The minimum absolute atomic E-state index is 0.0125. The highest BCUT2D eigenvalue weighted by atomic mass is 16.5. The maximum atomic E-state index is 11.0. The van der Waals surface area contributed by atoms with Crippen LogP contribution in [0.15, 0.2) is 12.4 Å². The Balaban J connectivity index is 2.64. The summed E-state index contributed by atoms with van der Waals surface area (Å²) in [6, 6.07) is 0. The molecule has 1 heterocycles. The minimum atomic E-state index is -1.04. The molecule has 0 saturated carbocycles. The molecule has 1 rings (SSSR count). The molecule has 96 valence electrons. The van der Waals surface area contributed by atoms with Gasteiger partial charge in [0.05, 0.1) is 12.8 Å². The quantitative estimate of drug-likeness (QED) is 0.659. The predicted octanol–water partition coefficient (Wildman–Crippen LogP) is 0.818. The third-order valence-electron chi connectivity index (χ3n) is 2.22. The van der Waals surface area contributed by atoms with Gasteiger partial charge in [-0.25, -0.2) is 4.79 Å². The van der Waals surface area contributed by atoms with Crippen molar-refractivity contribution in [1.29, 1.82) is 0 Å². The van der Waals surface area contributed by atoms with E-state index in [-0.39, 0.29) is 13.2 Å². The number of hydrogen-bond acceptors (Lipinski definition) is 4. The van der Waals surface area contributed by atoms with Crippen molar-refractivity contribution in [3.05, 3.63) is 18.0 Å². The monoisotopic (exact) mass is 242 g/mol. The summed E-state index contributed by atoms with van der Waals surface area (Å²) in [5.74, 6) is -1.04. The number of carboxylic acid groups (broad SMARTS) is 1. The Morgan fingerprint density at radius 1 is 1.65 bits per heavy atom. The molecule has 0 aromatic carbocycles. The van der Waals surface area contributed by atoms with Crippen LogP contribution in [0.25, 0.3) is 0 Å². The standard InChI is InChI=1S/C11H18N2O4/c1-2-4-13-8-9(7-12-13)10(11(15)16)17-6-3-5-14/h7-8,10,14H,2-6H2,1H3,(H,15,16). The van der Waals surface area contributed by atoms with Crippen molar-refractivity contribution in [2.24, 2.45) is 0 Å². The average Bonchev–Trinajstić information content (AvgIpc) is 2.73. The van der Waals surface area contributed by atoms with Gasteiger partial charge in [0.25, 0.3) is 0 Å². The Morgan fingerprint density at radius 3 is 3.00 bits per heavy atom. The van der Waals surface area contributed by atoms with E-state index >= 15 is 0 Å². The van der Waals surface area contributed by atoms with Crippen LogP contribution >= 0.6 is 0 Å². The van der Waals surface area contributed by atoms with Crippen molar-refractivity contribution in [3.63, 3.8) is 0 Å². The van der Waals surface area contributed by atoms with Gasteiger partial charge in [-0.1, -0.05) is 6.92 Å². The van der Waals surface area contributed by atoms with Crippen LogP contribution in [0.4, 0.5) is 0 Å². The first-order valence-electron chi connectivity index (χ1n) is 5.66. The summed E-state index contributed by atoms with van der Waals surface area (Å²) in [6.07, 6.45) is 3.54. The largest absolute Gasteiger partial charge is 0.479 e. The first-order chi connectivity index (χ1) is 8.19. The number of nitrogens with zero attached hydrogens (tertiary/aromatic N) is 2. The van der Waals surface area contributed by atoms with E-state index in [1.807, 2.05) is 6.92 Å². The van der Waals surface area contributed by atoms with Gasteiger partial charge in [-0.3, -0.25) is 4.68 Å². The highest BCUT2D eigenvalue weighted by Crippen LogP contribution is 2.17. The number of aromatic nitrogens is 2. The smallest absolute Gasteiger partial charge is 0.337 e. The van der Waals surface area contributed by atoms with Gasteiger partial charge in [0, 0.05) is 24.9 Å². The van der Waals surface area contributed by atoms with Gasteiger partial charge in [0.15, 0.2) is 6.10 Å². The topological polar surface area (TPSA) is 84.6 Å². The van der Waals surface area contributed by atoms with Crippen LogP contribution in [0.1, 0.15) is 31.4 Å².